The molecule has 1 aliphatic rings. The van der Waals surface area contributed by atoms with Gasteiger partial charge in [-0.15, -0.1) is 0 Å². The summed E-state index contributed by atoms with van der Waals surface area (Å²) in [5.74, 6) is 0.222. The summed E-state index contributed by atoms with van der Waals surface area (Å²) in [6.45, 7) is 3.33. The SMILES string of the molecule is COCC1CCCN(S(=O)(=O)c2cc(N)c(C)cc2Cl)C1. The van der Waals surface area contributed by atoms with Gasteiger partial charge >= 0.3 is 0 Å². The van der Waals surface area contributed by atoms with Gasteiger partial charge in [0, 0.05) is 25.9 Å². The molecule has 1 saturated heterocycles. The van der Waals surface area contributed by atoms with Crippen LogP contribution in [0.3, 0.4) is 0 Å². The Morgan fingerprint density at radius 1 is 1.48 bits per heavy atom. The molecule has 21 heavy (non-hydrogen) atoms. The van der Waals surface area contributed by atoms with Crippen LogP contribution >= 0.6 is 11.6 Å². The lowest BCUT2D eigenvalue weighted by Gasteiger charge is -2.31. The number of nitrogens with zero attached hydrogens (tertiary/aromatic N) is 1. The van der Waals surface area contributed by atoms with Gasteiger partial charge in [0.25, 0.3) is 0 Å². The number of ether oxygens (including phenoxy) is 1. The lowest BCUT2D eigenvalue weighted by Crippen LogP contribution is -2.41. The number of hydrogen-bond donors (Lipinski definition) is 1. The smallest absolute Gasteiger partial charge is 0.244 e. The average molecular weight is 333 g/mol. The van der Waals surface area contributed by atoms with Crippen molar-refractivity contribution in [3.8, 4) is 0 Å². The molecule has 1 aromatic carbocycles. The van der Waals surface area contributed by atoms with E-state index in [1.165, 1.54) is 10.4 Å². The summed E-state index contributed by atoms with van der Waals surface area (Å²) in [7, 11) is -1.99. The highest BCUT2D eigenvalue weighted by molar-refractivity contribution is 7.89. The minimum absolute atomic E-state index is 0.0883. The molecule has 0 radical (unpaired) electrons. The molecule has 118 valence electrons. The Morgan fingerprint density at radius 2 is 2.19 bits per heavy atom. The number of benzene rings is 1. The van der Waals surface area contributed by atoms with Gasteiger partial charge in [-0.25, -0.2) is 8.42 Å². The predicted molar refractivity (Wildman–Crippen MR) is 84.0 cm³/mol. The minimum Gasteiger partial charge on any atom is -0.398 e. The molecule has 2 rings (SSSR count). The first-order valence-corrected chi connectivity index (χ1v) is 8.72. The molecule has 0 aliphatic carbocycles. The third-order valence-electron chi connectivity index (χ3n) is 3.82. The molecule has 0 amide bonds. The van der Waals surface area contributed by atoms with E-state index in [1.54, 1.807) is 20.1 Å². The molecule has 1 heterocycles. The zero-order valence-electron chi connectivity index (χ0n) is 12.3. The first kappa shape index (κ1) is 16.5. The van der Waals surface area contributed by atoms with Crippen LogP contribution in [0.15, 0.2) is 17.0 Å². The van der Waals surface area contributed by atoms with E-state index in [1.807, 2.05) is 0 Å². The lowest BCUT2D eigenvalue weighted by molar-refractivity contribution is 0.118. The Hall–Kier alpha value is -0.820. The maximum Gasteiger partial charge on any atom is 0.244 e. The van der Waals surface area contributed by atoms with Crippen LogP contribution in [-0.2, 0) is 14.8 Å². The number of nitrogens with two attached hydrogens (primary N) is 1. The maximum atomic E-state index is 12.8. The molecule has 1 fully saturated rings. The number of sulfonamides is 1. The van der Waals surface area contributed by atoms with Gasteiger partial charge in [-0.05, 0) is 43.4 Å². The number of anilines is 1. The number of methoxy groups -OCH3 is 1. The summed E-state index contributed by atoms with van der Waals surface area (Å²) in [6, 6.07) is 3.05. The molecule has 0 bridgehead atoms. The van der Waals surface area contributed by atoms with Crippen molar-refractivity contribution in [3.05, 3.63) is 22.7 Å². The highest BCUT2D eigenvalue weighted by atomic mass is 35.5. The van der Waals surface area contributed by atoms with Crippen LogP contribution in [0, 0.1) is 12.8 Å². The highest BCUT2D eigenvalue weighted by Gasteiger charge is 2.31. The van der Waals surface area contributed by atoms with E-state index < -0.39 is 10.0 Å². The van der Waals surface area contributed by atoms with Gasteiger partial charge in [0.2, 0.25) is 10.0 Å². The van der Waals surface area contributed by atoms with Crippen molar-refractivity contribution in [2.45, 2.75) is 24.7 Å². The molecular weight excluding hydrogens is 312 g/mol. The Bertz CT molecular complexity index is 617. The summed E-state index contributed by atoms with van der Waals surface area (Å²) in [5.41, 5.74) is 7.04. The fraction of sp³-hybridized carbons (Fsp3) is 0.571. The maximum absolute atomic E-state index is 12.8. The van der Waals surface area contributed by atoms with E-state index in [2.05, 4.69) is 0 Å². The molecule has 1 aliphatic heterocycles. The number of rotatable bonds is 4. The largest absolute Gasteiger partial charge is 0.398 e. The highest BCUT2D eigenvalue weighted by Crippen LogP contribution is 2.31. The normalized spacial score (nSPS) is 20.6. The summed E-state index contributed by atoms with van der Waals surface area (Å²) >= 11 is 6.12. The van der Waals surface area contributed by atoms with Crippen LogP contribution in [0.25, 0.3) is 0 Å². The molecule has 0 aromatic heterocycles. The third kappa shape index (κ3) is 3.51. The number of nitrogen functional groups attached to an aromatic ring is 1. The second kappa shape index (κ2) is 6.52. The molecule has 0 spiro atoms. The Balaban J connectivity index is 2.31. The van der Waals surface area contributed by atoms with E-state index >= 15 is 0 Å². The van der Waals surface area contributed by atoms with Gasteiger partial charge < -0.3 is 10.5 Å². The molecule has 1 atom stereocenters. The molecular formula is C14H21ClN2O3S. The van der Waals surface area contributed by atoms with Gasteiger partial charge in [0.15, 0.2) is 0 Å². The van der Waals surface area contributed by atoms with Crippen LogP contribution in [0.1, 0.15) is 18.4 Å². The van der Waals surface area contributed by atoms with Crippen LogP contribution in [0.2, 0.25) is 5.02 Å². The molecule has 1 unspecified atom stereocenters. The molecule has 2 N–H and O–H groups in total. The summed E-state index contributed by atoms with van der Waals surface area (Å²) < 4.78 is 32.2. The number of piperidine rings is 1. The zero-order chi connectivity index (χ0) is 15.6. The second-order valence-electron chi connectivity index (χ2n) is 5.47. The summed E-state index contributed by atoms with van der Waals surface area (Å²) in [6.07, 6.45) is 1.80. The van der Waals surface area contributed by atoms with Crippen molar-refractivity contribution in [3.63, 3.8) is 0 Å². The summed E-state index contributed by atoms with van der Waals surface area (Å²) in [5, 5.41) is 0.218. The predicted octanol–water partition coefficient (Wildman–Crippen LogP) is 2.28. The van der Waals surface area contributed by atoms with Crippen LogP contribution in [0.5, 0.6) is 0 Å². The first-order chi connectivity index (χ1) is 9.86. The Morgan fingerprint density at radius 3 is 2.86 bits per heavy atom. The van der Waals surface area contributed by atoms with Crippen molar-refractivity contribution in [1.82, 2.24) is 4.31 Å². The molecule has 0 saturated carbocycles. The summed E-state index contributed by atoms with van der Waals surface area (Å²) in [4.78, 5) is 0.0883. The van der Waals surface area contributed by atoms with E-state index in [-0.39, 0.29) is 15.8 Å². The van der Waals surface area contributed by atoms with E-state index in [0.717, 1.165) is 18.4 Å². The number of halogens is 1. The fourth-order valence-corrected chi connectivity index (χ4v) is 4.77. The van der Waals surface area contributed by atoms with Crippen LogP contribution in [-0.4, -0.2) is 39.5 Å². The number of aryl methyl sites for hydroxylation is 1. The van der Waals surface area contributed by atoms with Crippen molar-refractivity contribution in [1.29, 1.82) is 0 Å². The zero-order valence-corrected chi connectivity index (χ0v) is 13.9. The minimum atomic E-state index is -3.62. The van der Waals surface area contributed by atoms with E-state index in [0.29, 0.717) is 25.4 Å². The first-order valence-electron chi connectivity index (χ1n) is 6.91. The second-order valence-corrected chi connectivity index (χ2v) is 7.78. The fourth-order valence-electron chi connectivity index (χ4n) is 2.62. The Kier molecular flexibility index (Phi) is 5.14. The molecule has 7 heteroatoms. The monoisotopic (exact) mass is 332 g/mol. The van der Waals surface area contributed by atoms with Gasteiger partial charge in [-0.3, -0.25) is 0 Å². The number of hydrogen-bond acceptors (Lipinski definition) is 4. The van der Waals surface area contributed by atoms with Crippen molar-refractivity contribution in [2.75, 3.05) is 32.5 Å². The van der Waals surface area contributed by atoms with Gasteiger partial charge in [-0.1, -0.05) is 11.6 Å². The van der Waals surface area contributed by atoms with Crippen molar-refractivity contribution >= 4 is 27.3 Å². The average Bonchev–Trinajstić information content (AvgIpc) is 2.43. The van der Waals surface area contributed by atoms with E-state index in [4.69, 9.17) is 22.1 Å². The van der Waals surface area contributed by atoms with Crippen molar-refractivity contribution in [2.24, 2.45) is 5.92 Å². The lowest BCUT2D eigenvalue weighted by atomic mass is 10.0. The standard InChI is InChI=1S/C14H21ClN2O3S/c1-10-6-12(15)14(7-13(10)16)21(18,19)17-5-3-4-11(8-17)9-20-2/h6-7,11H,3-5,8-9,16H2,1-2H3. The third-order valence-corrected chi connectivity index (χ3v) is 6.15. The van der Waals surface area contributed by atoms with E-state index in [9.17, 15) is 8.42 Å². The van der Waals surface area contributed by atoms with Gasteiger partial charge in [0.05, 0.1) is 11.6 Å². The molecule has 1 aromatic rings. The topological polar surface area (TPSA) is 72.6 Å². The van der Waals surface area contributed by atoms with Crippen LogP contribution < -0.4 is 5.73 Å². The van der Waals surface area contributed by atoms with Crippen LogP contribution in [0.4, 0.5) is 5.69 Å². The Labute approximate surface area is 131 Å². The quantitative estimate of drug-likeness (QED) is 0.858. The van der Waals surface area contributed by atoms with Crippen molar-refractivity contribution < 1.29 is 13.2 Å². The molecule has 5 nitrogen and oxygen atoms in total. The van der Waals surface area contributed by atoms with Gasteiger partial charge in [-0.2, -0.15) is 4.31 Å². The van der Waals surface area contributed by atoms with Gasteiger partial charge in [0.1, 0.15) is 4.90 Å².